The van der Waals surface area contributed by atoms with Crippen LogP contribution in [-0.2, 0) is 9.53 Å². The molecule has 2 fully saturated rings. The van der Waals surface area contributed by atoms with Crippen molar-refractivity contribution >= 4 is 5.97 Å². The van der Waals surface area contributed by atoms with Crippen LogP contribution in [0.2, 0.25) is 0 Å². The van der Waals surface area contributed by atoms with Crippen LogP contribution in [0.4, 0.5) is 0 Å². The number of carbonyl (C=O) groups is 1. The number of likely N-dealkylation sites (tertiary alicyclic amines) is 1. The van der Waals surface area contributed by atoms with E-state index in [4.69, 9.17) is 4.74 Å². The quantitative estimate of drug-likeness (QED) is 0.588. The first kappa shape index (κ1) is 15.1. The third kappa shape index (κ3) is 3.18. The van der Waals surface area contributed by atoms with Crippen molar-refractivity contribution in [3.8, 4) is 0 Å². The number of fused-ring (bicyclic) bond motifs is 1. The Morgan fingerprint density at radius 2 is 2.05 bits per heavy atom. The Balaban J connectivity index is 1.44. The molecule has 0 amide bonds. The lowest BCUT2D eigenvalue weighted by molar-refractivity contribution is -0.146. The maximum absolute atomic E-state index is 12.0. The molecule has 21 heavy (non-hydrogen) atoms. The van der Waals surface area contributed by atoms with E-state index in [2.05, 4.69) is 31.7 Å². The minimum atomic E-state index is -0.0399. The number of carbonyl (C=O) groups excluding carboxylic acids is 1. The number of ether oxygens (including phenoxy) is 1. The highest BCUT2D eigenvalue weighted by Gasteiger charge is 2.58. The predicted octanol–water partition coefficient (Wildman–Crippen LogP) is 3.25. The van der Waals surface area contributed by atoms with Gasteiger partial charge in [-0.05, 0) is 56.5 Å². The lowest BCUT2D eigenvalue weighted by atomic mass is 9.89. The lowest BCUT2D eigenvalue weighted by Gasteiger charge is -2.26. The molecule has 0 aromatic heterocycles. The standard InChI is InChI=1S/C18H29NO2/c1-13-9-15-16(18(15,2)3)10-14(13)12-21-17(20)11-19-7-5-4-6-8-19/h9,14-16H,4-8,10-12H2,1-3H3/t14-,15-,16-/m1/s1. The second-order valence-corrected chi connectivity index (χ2v) is 7.82. The first-order valence-electron chi connectivity index (χ1n) is 8.55. The van der Waals surface area contributed by atoms with Gasteiger partial charge < -0.3 is 4.74 Å². The highest BCUT2D eigenvalue weighted by Crippen LogP contribution is 2.64. The lowest BCUT2D eigenvalue weighted by Crippen LogP contribution is -2.35. The molecule has 1 saturated carbocycles. The average molecular weight is 291 g/mol. The zero-order valence-electron chi connectivity index (χ0n) is 13.7. The minimum absolute atomic E-state index is 0.0399. The van der Waals surface area contributed by atoms with Crippen molar-refractivity contribution in [2.75, 3.05) is 26.2 Å². The third-order valence-corrected chi connectivity index (χ3v) is 6.01. The van der Waals surface area contributed by atoms with Crippen molar-refractivity contribution < 1.29 is 9.53 Å². The third-order valence-electron chi connectivity index (χ3n) is 6.01. The van der Waals surface area contributed by atoms with Crippen LogP contribution >= 0.6 is 0 Å². The van der Waals surface area contributed by atoms with E-state index in [1.807, 2.05) is 0 Å². The van der Waals surface area contributed by atoms with Gasteiger partial charge in [0.1, 0.15) is 0 Å². The summed E-state index contributed by atoms with van der Waals surface area (Å²) in [4.78, 5) is 14.2. The summed E-state index contributed by atoms with van der Waals surface area (Å²) in [5, 5.41) is 0. The zero-order valence-corrected chi connectivity index (χ0v) is 13.7. The van der Waals surface area contributed by atoms with Crippen molar-refractivity contribution in [3.63, 3.8) is 0 Å². The van der Waals surface area contributed by atoms with E-state index in [0.29, 0.717) is 24.5 Å². The molecule has 0 aromatic rings. The average Bonchev–Trinajstić information content (AvgIpc) is 2.98. The van der Waals surface area contributed by atoms with Crippen molar-refractivity contribution in [3.05, 3.63) is 11.6 Å². The van der Waals surface area contributed by atoms with E-state index in [0.717, 1.165) is 24.9 Å². The predicted molar refractivity (Wildman–Crippen MR) is 83.9 cm³/mol. The normalized spacial score (nSPS) is 34.8. The number of rotatable bonds is 4. The van der Waals surface area contributed by atoms with E-state index >= 15 is 0 Å². The molecular weight excluding hydrogens is 262 g/mol. The van der Waals surface area contributed by atoms with Crippen LogP contribution in [0.25, 0.3) is 0 Å². The van der Waals surface area contributed by atoms with Gasteiger partial charge in [0.2, 0.25) is 0 Å². The Labute approximate surface area is 128 Å². The molecule has 1 saturated heterocycles. The molecule has 3 aliphatic rings. The summed E-state index contributed by atoms with van der Waals surface area (Å²) in [5.74, 6) is 1.96. The first-order chi connectivity index (χ1) is 9.98. The van der Waals surface area contributed by atoms with Gasteiger partial charge in [-0.15, -0.1) is 0 Å². The highest BCUT2D eigenvalue weighted by molar-refractivity contribution is 5.71. The van der Waals surface area contributed by atoms with E-state index < -0.39 is 0 Å². The molecule has 3 atom stereocenters. The maximum atomic E-state index is 12.0. The largest absolute Gasteiger partial charge is 0.464 e. The molecule has 3 heteroatoms. The topological polar surface area (TPSA) is 29.5 Å². The monoisotopic (exact) mass is 291 g/mol. The van der Waals surface area contributed by atoms with Gasteiger partial charge in [0.15, 0.2) is 0 Å². The molecule has 3 nitrogen and oxygen atoms in total. The van der Waals surface area contributed by atoms with E-state index in [1.165, 1.54) is 31.3 Å². The van der Waals surface area contributed by atoms with Crippen LogP contribution < -0.4 is 0 Å². The number of allylic oxidation sites excluding steroid dienone is 1. The molecule has 1 aliphatic heterocycles. The van der Waals surface area contributed by atoms with Gasteiger partial charge in [-0.2, -0.15) is 0 Å². The second-order valence-electron chi connectivity index (χ2n) is 7.82. The number of piperidine rings is 1. The van der Waals surface area contributed by atoms with Crippen LogP contribution in [-0.4, -0.2) is 37.1 Å². The van der Waals surface area contributed by atoms with E-state index in [9.17, 15) is 4.79 Å². The number of hydrogen-bond acceptors (Lipinski definition) is 3. The van der Waals surface area contributed by atoms with E-state index in [-0.39, 0.29) is 5.97 Å². The van der Waals surface area contributed by atoms with Gasteiger partial charge in [-0.3, -0.25) is 9.69 Å². The van der Waals surface area contributed by atoms with Crippen LogP contribution in [0.1, 0.15) is 46.5 Å². The molecule has 0 spiro atoms. The summed E-state index contributed by atoms with van der Waals surface area (Å²) in [6.07, 6.45) is 7.36. The van der Waals surface area contributed by atoms with Gasteiger partial charge in [0.25, 0.3) is 0 Å². The number of nitrogens with zero attached hydrogens (tertiary/aromatic N) is 1. The Morgan fingerprint density at radius 3 is 2.76 bits per heavy atom. The second kappa shape index (κ2) is 5.75. The van der Waals surface area contributed by atoms with Crippen LogP contribution in [0.5, 0.6) is 0 Å². The summed E-state index contributed by atoms with van der Waals surface area (Å²) in [5.41, 5.74) is 1.89. The maximum Gasteiger partial charge on any atom is 0.320 e. The first-order valence-corrected chi connectivity index (χ1v) is 8.55. The summed E-state index contributed by atoms with van der Waals surface area (Å²) < 4.78 is 5.57. The highest BCUT2D eigenvalue weighted by atomic mass is 16.5. The van der Waals surface area contributed by atoms with Gasteiger partial charge in [-0.1, -0.05) is 31.9 Å². The molecule has 0 unspecified atom stereocenters. The van der Waals surface area contributed by atoms with Gasteiger partial charge in [-0.25, -0.2) is 0 Å². The van der Waals surface area contributed by atoms with Crippen molar-refractivity contribution in [2.24, 2.45) is 23.2 Å². The molecular formula is C18H29NO2. The number of esters is 1. The van der Waals surface area contributed by atoms with E-state index in [1.54, 1.807) is 0 Å². The fourth-order valence-corrected chi connectivity index (χ4v) is 4.22. The number of hydrogen-bond donors (Lipinski definition) is 0. The van der Waals surface area contributed by atoms with Crippen molar-refractivity contribution in [2.45, 2.75) is 46.5 Å². The molecule has 0 radical (unpaired) electrons. The van der Waals surface area contributed by atoms with Crippen LogP contribution in [0, 0.1) is 23.2 Å². The molecule has 0 bridgehead atoms. The Bertz CT molecular complexity index is 434. The molecule has 0 N–H and O–H groups in total. The summed E-state index contributed by atoms with van der Waals surface area (Å²) >= 11 is 0. The fourth-order valence-electron chi connectivity index (χ4n) is 4.22. The summed E-state index contributed by atoms with van der Waals surface area (Å²) in [6.45, 7) is 10.1. The fraction of sp³-hybridized carbons (Fsp3) is 0.833. The molecule has 0 aromatic carbocycles. The Morgan fingerprint density at radius 1 is 1.33 bits per heavy atom. The van der Waals surface area contributed by atoms with Gasteiger partial charge in [0.05, 0.1) is 13.2 Å². The Kier molecular flexibility index (Phi) is 4.13. The molecule has 2 aliphatic carbocycles. The smallest absolute Gasteiger partial charge is 0.320 e. The van der Waals surface area contributed by atoms with Crippen LogP contribution in [0.15, 0.2) is 11.6 Å². The zero-order chi connectivity index (χ0) is 15.0. The van der Waals surface area contributed by atoms with Crippen molar-refractivity contribution in [1.29, 1.82) is 0 Å². The molecule has 1 heterocycles. The minimum Gasteiger partial charge on any atom is -0.464 e. The molecule has 3 rings (SSSR count). The van der Waals surface area contributed by atoms with Crippen molar-refractivity contribution in [1.82, 2.24) is 4.90 Å². The SMILES string of the molecule is CC1=C[C@@H]2[C@@H](C[C@@H]1COC(=O)CN1CCCCC1)C2(C)C. The van der Waals surface area contributed by atoms with Crippen LogP contribution in [0.3, 0.4) is 0 Å². The molecule has 118 valence electrons. The summed E-state index contributed by atoms with van der Waals surface area (Å²) in [7, 11) is 0. The Hall–Kier alpha value is -0.830. The van der Waals surface area contributed by atoms with Gasteiger partial charge in [0, 0.05) is 5.92 Å². The summed E-state index contributed by atoms with van der Waals surface area (Å²) in [6, 6.07) is 0. The van der Waals surface area contributed by atoms with Gasteiger partial charge >= 0.3 is 5.97 Å².